The molecule has 104 valence electrons. The Balaban J connectivity index is 1.91. The highest BCUT2D eigenvalue weighted by atomic mass is 16.5. The lowest BCUT2D eigenvalue weighted by molar-refractivity contribution is -0.124. The predicted molar refractivity (Wildman–Crippen MR) is 74.7 cm³/mol. The molecule has 2 rings (SSSR count). The first-order valence-corrected chi connectivity index (χ1v) is 6.87. The molecule has 1 amide bonds. The number of hydrogen-bond acceptors (Lipinski definition) is 3. The first kappa shape index (κ1) is 14.0. The highest BCUT2D eigenvalue weighted by Gasteiger charge is 2.22. The number of hydrogen-bond donors (Lipinski definition) is 2. The average Bonchev–Trinajstić information content (AvgIpc) is 2.45. The highest BCUT2D eigenvalue weighted by Crippen LogP contribution is 2.29. The second-order valence-corrected chi connectivity index (χ2v) is 5.16. The van der Waals surface area contributed by atoms with Gasteiger partial charge in [-0.1, -0.05) is 31.2 Å². The van der Waals surface area contributed by atoms with E-state index in [4.69, 9.17) is 10.5 Å². The van der Waals surface area contributed by atoms with Gasteiger partial charge in [0, 0.05) is 6.54 Å². The van der Waals surface area contributed by atoms with Crippen molar-refractivity contribution in [2.45, 2.75) is 25.9 Å². The van der Waals surface area contributed by atoms with Crippen LogP contribution in [0.2, 0.25) is 0 Å². The number of ether oxygens (including phenoxy) is 1. The van der Waals surface area contributed by atoms with Crippen LogP contribution < -0.4 is 11.1 Å². The van der Waals surface area contributed by atoms with Crippen molar-refractivity contribution in [1.82, 2.24) is 5.32 Å². The van der Waals surface area contributed by atoms with Crippen LogP contribution in [0.4, 0.5) is 0 Å². The fourth-order valence-corrected chi connectivity index (χ4v) is 2.26. The van der Waals surface area contributed by atoms with Crippen LogP contribution in [0, 0.1) is 5.92 Å². The van der Waals surface area contributed by atoms with Crippen molar-refractivity contribution in [1.29, 1.82) is 0 Å². The summed E-state index contributed by atoms with van der Waals surface area (Å²) in [5, 5.41) is 2.91. The normalized spacial score (nSPS) is 19.6. The summed E-state index contributed by atoms with van der Waals surface area (Å²) in [4.78, 5) is 11.9. The summed E-state index contributed by atoms with van der Waals surface area (Å²) in [6.45, 7) is 3.92. The largest absolute Gasteiger partial charge is 0.373 e. The van der Waals surface area contributed by atoms with E-state index < -0.39 is 0 Å². The molecule has 4 heteroatoms. The SMILES string of the molecule is CC(CN)CNC(=O)CC1OCCc2ccccc21. The number of nitrogens with one attached hydrogen (secondary N) is 1. The van der Waals surface area contributed by atoms with E-state index in [1.807, 2.05) is 19.1 Å². The van der Waals surface area contributed by atoms with Crippen molar-refractivity contribution < 1.29 is 9.53 Å². The van der Waals surface area contributed by atoms with E-state index in [-0.39, 0.29) is 12.0 Å². The van der Waals surface area contributed by atoms with E-state index in [0.717, 1.165) is 12.0 Å². The van der Waals surface area contributed by atoms with Crippen LogP contribution in [-0.2, 0) is 16.0 Å². The van der Waals surface area contributed by atoms with Crippen LogP contribution >= 0.6 is 0 Å². The van der Waals surface area contributed by atoms with E-state index in [9.17, 15) is 4.79 Å². The molecule has 0 fully saturated rings. The molecule has 1 aliphatic rings. The molecule has 1 aliphatic heterocycles. The molecule has 4 nitrogen and oxygen atoms in total. The topological polar surface area (TPSA) is 64.3 Å². The smallest absolute Gasteiger partial charge is 0.222 e. The van der Waals surface area contributed by atoms with E-state index in [1.165, 1.54) is 5.56 Å². The maximum absolute atomic E-state index is 11.9. The summed E-state index contributed by atoms with van der Waals surface area (Å²) < 4.78 is 5.72. The van der Waals surface area contributed by atoms with Gasteiger partial charge in [0.05, 0.1) is 19.1 Å². The number of benzene rings is 1. The molecule has 0 saturated carbocycles. The highest BCUT2D eigenvalue weighted by molar-refractivity contribution is 5.76. The summed E-state index contributed by atoms with van der Waals surface area (Å²) in [6.07, 6.45) is 1.20. The molecule has 0 aliphatic carbocycles. The molecule has 2 atom stereocenters. The zero-order chi connectivity index (χ0) is 13.7. The van der Waals surface area contributed by atoms with Crippen LogP contribution in [0.1, 0.15) is 30.6 Å². The third-order valence-electron chi connectivity index (χ3n) is 3.51. The molecule has 0 radical (unpaired) electrons. The van der Waals surface area contributed by atoms with Gasteiger partial charge >= 0.3 is 0 Å². The maximum Gasteiger partial charge on any atom is 0.222 e. The van der Waals surface area contributed by atoms with Gasteiger partial charge in [-0.05, 0) is 30.0 Å². The number of carbonyl (C=O) groups is 1. The van der Waals surface area contributed by atoms with Gasteiger partial charge in [0.2, 0.25) is 5.91 Å². The van der Waals surface area contributed by atoms with E-state index in [0.29, 0.717) is 32.0 Å². The minimum Gasteiger partial charge on any atom is -0.373 e. The minimum absolute atomic E-state index is 0.0296. The summed E-state index contributed by atoms with van der Waals surface area (Å²) in [5.74, 6) is 0.338. The summed E-state index contributed by atoms with van der Waals surface area (Å²) >= 11 is 0. The van der Waals surface area contributed by atoms with Gasteiger partial charge in [-0.2, -0.15) is 0 Å². The fraction of sp³-hybridized carbons (Fsp3) is 0.533. The van der Waals surface area contributed by atoms with Gasteiger partial charge in [0.25, 0.3) is 0 Å². The van der Waals surface area contributed by atoms with Crippen LogP contribution in [0.25, 0.3) is 0 Å². The standard InChI is InChI=1S/C15H22N2O2/c1-11(9-16)10-17-15(18)8-14-13-5-3-2-4-12(13)6-7-19-14/h2-5,11,14H,6-10,16H2,1H3,(H,17,18). The van der Waals surface area contributed by atoms with Crippen molar-refractivity contribution >= 4 is 5.91 Å². The molecule has 0 bridgehead atoms. The van der Waals surface area contributed by atoms with E-state index in [2.05, 4.69) is 17.4 Å². The Labute approximate surface area is 114 Å². The Morgan fingerprint density at radius 2 is 2.32 bits per heavy atom. The van der Waals surface area contributed by atoms with Gasteiger partial charge in [0.1, 0.15) is 0 Å². The second kappa shape index (κ2) is 6.68. The van der Waals surface area contributed by atoms with Crippen molar-refractivity contribution in [3.8, 4) is 0 Å². The van der Waals surface area contributed by atoms with Crippen molar-refractivity contribution in [2.24, 2.45) is 11.7 Å². The Bertz CT molecular complexity index is 434. The van der Waals surface area contributed by atoms with Crippen LogP contribution in [-0.4, -0.2) is 25.6 Å². The summed E-state index contributed by atoms with van der Waals surface area (Å²) in [7, 11) is 0. The zero-order valence-electron chi connectivity index (χ0n) is 11.4. The molecular weight excluding hydrogens is 240 g/mol. The molecule has 1 heterocycles. The number of amides is 1. The second-order valence-electron chi connectivity index (χ2n) is 5.16. The molecule has 1 aromatic rings. The van der Waals surface area contributed by atoms with E-state index >= 15 is 0 Å². The molecule has 0 aromatic heterocycles. The van der Waals surface area contributed by atoms with Crippen molar-refractivity contribution in [3.05, 3.63) is 35.4 Å². The Hall–Kier alpha value is -1.39. The monoisotopic (exact) mass is 262 g/mol. The quantitative estimate of drug-likeness (QED) is 0.843. The van der Waals surface area contributed by atoms with Gasteiger partial charge in [-0.3, -0.25) is 4.79 Å². The predicted octanol–water partition coefficient (Wildman–Crippen LogP) is 1.40. The van der Waals surface area contributed by atoms with Crippen LogP contribution in [0.3, 0.4) is 0 Å². The van der Waals surface area contributed by atoms with Crippen molar-refractivity contribution in [3.63, 3.8) is 0 Å². The lowest BCUT2D eigenvalue weighted by atomic mass is 9.95. The van der Waals surface area contributed by atoms with E-state index in [1.54, 1.807) is 0 Å². The van der Waals surface area contributed by atoms with Crippen molar-refractivity contribution in [2.75, 3.05) is 19.7 Å². The maximum atomic E-state index is 11.9. The van der Waals surface area contributed by atoms with Gasteiger partial charge < -0.3 is 15.8 Å². The third-order valence-corrected chi connectivity index (χ3v) is 3.51. The number of rotatable bonds is 5. The summed E-state index contributed by atoms with van der Waals surface area (Å²) in [5.41, 5.74) is 7.97. The Morgan fingerprint density at radius 1 is 1.53 bits per heavy atom. The lowest BCUT2D eigenvalue weighted by Gasteiger charge is -2.25. The van der Waals surface area contributed by atoms with Gasteiger partial charge in [0.15, 0.2) is 0 Å². The first-order chi connectivity index (χ1) is 9.20. The molecule has 19 heavy (non-hydrogen) atoms. The average molecular weight is 262 g/mol. The zero-order valence-corrected chi connectivity index (χ0v) is 11.4. The Morgan fingerprint density at radius 3 is 3.11 bits per heavy atom. The number of carbonyl (C=O) groups excluding carboxylic acids is 1. The first-order valence-electron chi connectivity index (χ1n) is 6.87. The summed E-state index contributed by atoms with van der Waals surface area (Å²) in [6, 6.07) is 8.19. The fourth-order valence-electron chi connectivity index (χ4n) is 2.26. The molecule has 2 unspecified atom stereocenters. The van der Waals surface area contributed by atoms with Crippen LogP contribution in [0.5, 0.6) is 0 Å². The Kier molecular flexibility index (Phi) is 4.93. The lowest BCUT2D eigenvalue weighted by Crippen LogP contribution is -2.33. The number of fused-ring (bicyclic) bond motifs is 1. The number of nitrogens with two attached hydrogens (primary N) is 1. The van der Waals surface area contributed by atoms with Gasteiger partial charge in [-0.15, -0.1) is 0 Å². The molecule has 1 aromatic carbocycles. The van der Waals surface area contributed by atoms with Crippen LogP contribution in [0.15, 0.2) is 24.3 Å². The molecule has 0 saturated heterocycles. The molecular formula is C15H22N2O2. The molecule has 3 N–H and O–H groups in total. The molecule has 0 spiro atoms. The third kappa shape index (κ3) is 3.78. The van der Waals surface area contributed by atoms with Gasteiger partial charge in [-0.25, -0.2) is 0 Å². The minimum atomic E-state index is -0.113.